The van der Waals surface area contributed by atoms with E-state index >= 15 is 0 Å². The average Bonchev–Trinajstić information content (AvgIpc) is 3.61. The van der Waals surface area contributed by atoms with Gasteiger partial charge in [0, 0.05) is 11.6 Å². The SMILES string of the molecule is Fc1cnc(N/N=C/c2ccc(Nc3cccc(C(F)C(F)F)c3)cn2)nc1C1CC1. The Morgan fingerprint density at radius 1 is 1.03 bits per heavy atom. The van der Waals surface area contributed by atoms with Crippen molar-refractivity contribution in [2.24, 2.45) is 5.10 Å². The Morgan fingerprint density at radius 2 is 1.87 bits per heavy atom. The van der Waals surface area contributed by atoms with Crippen molar-refractivity contribution in [1.29, 1.82) is 0 Å². The lowest BCUT2D eigenvalue weighted by atomic mass is 10.1. The van der Waals surface area contributed by atoms with E-state index < -0.39 is 18.4 Å². The van der Waals surface area contributed by atoms with Crippen LogP contribution in [0.1, 0.15) is 41.9 Å². The van der Waals surface area contributed by atoms with Gasteiger partial charge in [-0.3, -0.25) is 4.98 Å². The second kappa shape index (κ2) is 9.07. The molecule has 4 rings (SSSR count). The topological polar surface area (TPSA) is 75.1 Å². The van der Waals surface area contributed by atoms with E-state index in [0.29, 0.717) is 22.8 Å². The molecule has 2 N–H and O–H groups in total. The van der Waals surface area contributed by atoms with Crippen LogP contribution in [0, 0.1) is 5.82 Å². The standard InChI is InChI=1S/C21H18F4N6/c22-17-11-27-21(30-19(17)12-4-5-12)31-28-10-15-6-7-16(9-26-15)29-14-3-1-2-13(8-14)18(23)20(24)25/h1-3,6-12,18,20,29H,4-5H2,(H,27,30,31)/b28-10+. The number of hydrogen-bond acceptors (Lipinski definition) is 6. The van der Waals surface area contributed by atoms with E-state index in [4.69, 9.17) is 0 Å². The molecule has 2 heterocycles. The van der Waals surface area contributed by atoms with Gasteiger partial charge < -0.3 is 5.32 Å². The van der Waals surface area contributed by atoms with E-state index in [9.17, 15) is 17.6 Å². The second-order valence-corrected chi connectivity index (χ2v) is 7.03. The maximum atomic E-state index is 13.7. The van der Waals surface area contributed by atoms with Gasteiger partial charge in [-0.1, -0.05) is 12.1 Å². The number of hydrogen-bond donors (Lipinski definition) is 2. The lowest BCUT2D eigenvalue weighted by molar-refractivity contribution is 0.0496. The molecule has 0 spiro atoms. The molecule has 1 aliphatic rings. The summed E-state index contributed by atoms with van der Waals surface area (Å²) in [6.45, 7) is 0. The third-order valence-corrected chi connectivity index (χ3v) is 4.60. The molecule has 31 heavy (non-hydrogen) atoms. The third-order valence-electron chi connectivity index (χ3n) is 4.60. The van der Waals surface area contributed by atoms with E-state index in [0.717, 1.165) is 19.0 Å². The third kappa shape index (κ3) is 5.33. The van der Waals surface area contributed by atoms with Crippen LogP contribution >= 0.6 is 0 Å². The highest BCUT2D eigenvalue weighted by Crippen LogP contribution is 2.40. The van der Waals surface area contributed by atoms with Crippen LogP contribution < -0.4 is 10.7 Å². The summed E-state index contributed by atoms with van der Waals surface area (Å²) in [7, 11) is 0. The van der Waals surface area contributed by atoms with Crippen molar-refractivity contribution >= 4 is 23.5 Å². The smallest absolute Gasteiger partial charge is 0.273 e. The molecule has 160 valence electrons. The summed E-state index contributed by atoms with van der Waals surface area (Å²) in [5.74, 6) is -0.0580. The van der Waals surface area contributed by atoms with Crippen LogP contribution in [0.3, 0.4) is 0 Å². The summed E-state index contributed by atoms with van der Waals surface area (Å²) in [5.41, 5.74) is 4.53. The number of halogens is 4. The fourth-order valence-corrected chi connectivity index (χ4v) is 2.89. The first-order valence-corrected chi connectivity index (χ1v) is 9.56. The summed E-state index contributed by atoms with van der Waals surface area (Å²) < 4.78 is 52.3. The fraction of sp³-hybridized carbons (Fsp3) is 0.238. The number of pyridine rings is 1. The Bertz CT molecular complexity index is 1070. The fourth-order valence-electron chi connectivity index (χ4n) is 2.89. The number of nitrogens with one attached hydrogen (secondary N) is 2. The van der Waals surface area contributed by atoms with Crippen molar-refractivity contribution in [1.82, 2.24) is 15.0 Å². The molecule has 0 aliphatic heterocycles. The molecular formula is C21H18F4N6. The first kappa shape index (κ1) is 20.7. The molecule has 0 bridgehead atoms. The Morgan fingerprint density at radius 3 is 2.58 bits per heavy atom. The van der Waals surface area contributed by atoms with E-state index in [2.05, 4.69) is 30.8 Å². The van der Waals surface area contributed by atoms with Crippen LogP contribution in [-0.4, -0.2) is 27.6 Å². The van der Waals surface area contributed by atoms with Crippen molar-refractivity contribution in [3.05, 3.63) is 71.6 Å². The van der Waals surface area contributed by atoms with Gasteiger partial charge in [0.15, 0.2) is 12.0 Å². The molecule has 1 saturated carbocycles. The van der Waals surface area contributed by atoms with Crippen LogP contribution in [0.2, 0.25) is 0 Å². The molecule has 3 aromatic rings. The Labute approximate surface area is 175 Å². The summed E-state index contributed by atoms with van der Waals surface area (Å²) in [6.07, 6.45) is 0.523. The van der Waals surface area contributed by atoms with Crippen molar-refractivity contribution in [2.75, 3.05) is 10.7 Å². The van der Waals surface area contributed by atoms with Crippen molar-refractivity contribution < 1.29 is 17.6 Å². The summed E-state index contributed by atoms with van der Waals surface area (Å²) in [4.78, 5) is 12.2. The molecule has 10 heteroatoms. The first-order valence-electron chi connectivity index (χ1n) is 9.56. The number of nitrogens with zero attached hydrogens (tertiary/aromatic N) is 4. The second-order valence-electron chi connectivity index (χ2n) is 7.03. The van der Waals surface area contributed by atoms with Gasteiger partial charge in [0.2, 0.25) is 5.95 Å². The summed E-state index contributed by atoms with van der Waals surface area (Å²) in [6, 6.07) is 9.16. The van der Waals surface area contributed by atoms with Crippen molar-refractivity contribution in [3.8, 4) is 0 Å². The monoisotopic (exact) mass is 430 g/mol. The molecule has 1 unspecified atom stereocenters. The van der Waals surface area contributed by atoms with E-state index in [1.165, 1.54) is 30.6 Å². The maximum absolute atomic E-state index is 13.7. The van der Waals surface area contributed by atoms with E-state index in [1.807, 2.05) is 0 Å². The molecule has 6 nitrogen and oxygen atoms in total. The zero-order valence-corrected chi connectivity index (χ0v) is 16.1. The summed E-state index contributed by atoms with van der Waals surface area (Å²) in [5, 5.41) is 6.99. The summed E-state index contributed by atoms with van der Waals surface area (Å²) >= 11 is 0. The van der Waals surface area contributed by atoms with Gasteiger partial charge in [-0.05, 0) is 42.7 Å². The van der Waals surface area contributed by atoms with Crippen molar-refractivity contribution in [2.45, 2.75) is 31.4 Å². The van der Waals surface area contributed by atoms with Gasteiger partial charge in [-0.15, -0.1) is 0 Å². The van der Waals surface area contributed by atoms with E-state index in [1.54, 1.807) is 18.2 Å². The highest BCUT2D eigenvalue weighted by molar-refractivity contribution is 5.78. The molecule has 0 saturated heterocycles. The number of aromatic nitrogens is 3. The minimum Gasteiger partial charge on any atom is -0.354 e. The molecule has 0 radical (unpaired) electrons. The van der Waals surface area contributed by atoms with Crippen LogP contribution in [-0.2, 0) is 0 Å². The van der Waals surface area contributed by atoms with Crippen molar-refractivity contribution in [3.63, 3.8) is 0 Å². The largest absolute Gasteiger partial charge is 0.354 e. The molecule has 2 aromatic heterocycles. The van der Waals surface area contributed by atoms with Gasteiger partial charge in [-0.25, -0.2) is 33.0 Å². The molecule has 1 aromatic carbocycles. The Hall–Kier alpha value is -3.56. The zero-order valence-electron chi connectivity index (χ0n) is 16.1. The highest BCUT2D eigenvalue weighted by atomic mass is 19.3. The lowest BCUT2D eigenvalue weighted by Gasteiger charge is -2.11. The number of rotatable bonds is 8. The molecule has 0 amide bonds. The molecule has 1 aliphatic carbocycles. The quantitative estimate of drug-likeness (QED) is 0.286. The normalized spacial score (nSPS) is 14.7. The van der Waals surface area contributed by atoms with Gasteiger partial charge >= 0.3 is 0 Å². The Balaban J connectivity index is 1.36. The van der Waals surface area contributed by atoms with Crippen LogP contribution in [0.5, 0.6) is 0 Å². The van der Waals surface area contributed by atoms with E-state index in [-0.39, 0.29) is 17.4 Å². The van der Waals surface area contributed by atoms with Gasteiger partial charge in [-0.2, -0.15) is 5.10 Å². The number of hydrazone groups is 1. The number of anilines is 3. The molecular weight excluding hydrogens is 412 g/mol. The average molecular weight is 430 g/mol. The predicted molar refractivity (Wildman–Crippen MR) is 109 cm³/mol. The Kier molecular flexibility index (Phi) is 6.06. The number of benzene rings is 1. The van der Waals surface area contributed by atoms with Gasteiger partial charge in [0.1, 0.15) is 0 Å². The minimum atomic E-state index is -3.08. The lowest BCUT2D eigenvalue weighted by Crippen LogP contribution is -2.03. The minimum absolute atomic E-state index is 0.101. The van der Waals surface area contributed by atoms with Crippen LogP contribution in [0.15, 0.2) is 53.9 Å². The maximum Gasteiger partial charge on any atom is 0.273 e. The zero-order chi connectivity index (χ0) is 21.8. The van der Waals surface area contributed by atoms with Crippen LogP contribution in [0.25, 0.3) is 0 Å². The van der Waals surface area contributed by atoms with Gasteiger partial charge in [0.05, 0.1) is 35.7 Å². The molecule has 1 fully saturated rings. The predicted octanol–water partition coefficient (Wildman–Crippen LogP) is 5.35. The molecule has 1 atom stereocenters. The highest BCUT2D eigenvalue weighted by Gasteiger charge is 2.28. The van der Waals surface area contributed by atoms with Crippen LogP contribution in [0.4, 0.5) is 34.9 Å². The van der Waals surface area contributed by atoms with Gasteiger partial charge in [0.25, 0.3) is 6.43 Å². The number of alkyl halides is 3. The first-order chi connectivity index (χ1) is 15.0.